The van der Waals surface area contributed by atoms with Crippen molar-refractivity contribution < 1.29 is 0 Å². The second kappa shape index (κ2) is 6.26. The first-order valence-electron chi connectivity index (χ1n) is 6.67. The molecule has 0 amide bonds. The fourth-order valence-electron chi connectivity index (χ4n) is 2.69. The normalized spacial score (nSPS) is 20.0. The Morgan fingerprint density at radius 2 is 2.25 bits per heavy atom. The van der Waals surface area contributed by atoms with Gasteiger partial charge in [0.1, 0.15) is 0 Å². The molecule has 1 N–H and O–H groups in total. The van der Waals surface area contributed by atoms with Crippen LogP contribution in [0.25, 0.3) is 10.2 Å². The van der Waals surface area contributed by atoms with E-state index in [9.17, 15) is 4.79 Å². The highest BCUT2D eigenvalue weighted by atomic mass is 35.5. The summed E-state index contributed by atoms with van der Waals surface area (Å²) < 4.78 is 2.81. The van der Waals surface area contributed by atoms with Gasteiger partial charge in [-0.3, -0.25) is 9.69 Å². The van der Waals surface area contributed by atoms with Crippen molar-refractivity contribution in [3.05, 3.63) is 33.4 Å². The van der Waals surface area contributed by atoms with Crippen LogP contribution >= 0.6 is 23.7 Å². The molecule has 1 aromatic heterocycles. The minimum atomic E-state index is 0. The van der Waals surface area contributed by atoms with Crippen molar-refractivity contribution in [2.45, 2.75) is 19.5 Å². The number of benzene rings is 1. The molecule has 0 spiro atoms. The zero-order valence-corrected chi connectivity index (χ0v) is 13.4. The summed E-state index contributed by atoms with van der Waals surface area (Å²) >= 11 is 1.33. The van der Waals surface area contributed by atoms with Crippen molar-refractivity contribution in [1.82, 2.24) is 14.8 Å². The summed E-state index contributed by atoms with van der Waals surface area (Å²) in [4.78, 5) is 14.2. The molecule has 4 nitrogen and oxygen atoms in total. The predicted octanol–water partition coefficient (Wildman–Crippen LogP) is 1.82. The van der Waals surface area contributed by atoms with Crippen molar-refractivity contribution in [1.29, 1.82) is 0 Å². The van der Waals surface area contributed by atoms with Gasteiger partial charge in [0.05, 0.1) is 10.2 Å². The molecular weight excluding hydrogens is 294 g/mol. The molecule has 1 aromatic carbocycles. The smallest absolute Gasteiger partial charge is 0.307 e. The Morgan fingerprint density at radius 1 is 1.45 bits per heavy atom. The molecule has 1 atom stereocenters. The van der Waals surface area contributed by atoms with Crippen LogP contribution in [0.15, 0.2) is 23.0 Å². The summed E-state index contributed by atoms with van der Waals surface area (Å²) in [5, 5.41) is 3.45. The largest absolute Gasteiger partial charge is 0.312 e. The SMILES string of the molecule is C[C@H]1CN(Cc2ccc3c(c2)sc(=O)n3C)CCN1.Cl. The molecule has 0 saturated carbocycles. The number of nitrogens with one attached hydrogen (secondary N) is 1. The molecule has 20 heavy (non-hydrogen) atoms. The molecule has 1 aliphatic heterocycles. The first kappa shape index (κ1) is 15.5. The van der Waals surface area contributed by atoms with Crippen LogP contribution in [0.2, 0.25) is 0 Å². The van der Waals surface area contributed by atoms with Crippen LogP contribution in [-0.4, -0.2) is 35.1 Å². The molecule has 1 fully saturated rings. The van der Waals surface area contributed by atoms with E-state index in [-0.39, 0.29) is 17.3 Å². The summed E-state index contributed by atoms with van der Waals surface area (Å²) in [6.45, 7) is 6.43. The Hall–Kier alpha value is -0.880. The number of aromatic nitrogens is 1. The minimum absolute atomic E-state index is 0. The van der Waals surface area contributed by atoms with Gasteiger partial charge in [0.15, 0.2) is 0 Å². The fraction of sp³-hybridized carbons (Fsp3) is 0.500. The van der Waals surface area contributed by atoms with Crippen LogP contribution in [0.5, 0.6) is 0 Å². The number of thiazole rings is 1. The highest BCUT2D eigenvalue weighted by Gasteiger charge is 2.15. The first-order valence-corrected chi connectivity index (χ1v) is 7.49. The van der Waals surface area contributed by atoms with Crippen molar-refractivity contribution >= 4 is 34.0 Å². The molecule has 1 saturated heterocycles. The lowest BCUT2D eigenvalue weighted by atomic mass is 10.1. The highest BCUT2D eigenvalue weighted by Crippen LogP contribution is 2.19. The van der Waals surface area contributed by atoms with Gasteiger partial charge in [-0.15, -0.1) is 12.4 Å². The van der Waals surface area contributed by atoms with Gasteiger partial charge in [-0.25, -0.2) is 0 Å². The van der Waals surface area contributed by atoms with Crippen LogP contribution in [-0.2, 0) is 13.6 Å². The van der Waals surface area contributed by atoms with Crippen LogP contribution in [0.4, 0.5) is 0 Å². The highest BCUT2D eigenvalue weighted by molar-refractivity contribution is 7.16. The molecule has 0 bridgehead atoms. The molecule has 0 aliphatic carbocycles. The van der Waals surface area contributed by atoms with E-state index in [0.717, 1.165) is 36.4 Å². The average Bonchev–Trinajstić information content (AvgIpc) is 2.65. The van der Waals surface area contributed by atoms with Crippen LogP contribution in [0, 0.1) is 0 Å². The van der Waals surface area contributed by atoms with E-state index >= 15 is 0 Å². The Bertz CT molecular complexity index is 651. The number of fused-ring (bicyclic) bond motifs is 1. The van der Waals surface area contributed by atoms with Gasteiger partial charge >= 0.3 is 4.87 Å². The van der Waals surface area contributed by atoms with E-state index in [1.165, 1.54) is 16.9 Å². The van der Waals surface area contributed by atoms with E-state index in [1.54, 1.807) is 4.57 Å². The van der Waals surface area contributed by atoms with Crippen LogP contribution < -0.4 is 10.2 Å². The van der Waals surface area contributed by atoms with Gasteiger partial charge in [0, 0.05) is 39.3 Å². The molecule has 2 heterocycles. The Kier molecular flexibility index (Phi) is 4.86. The number of rotatable bonds is 2. The second-order valence-electron chi connectivity index (χ2n) is 5.32. The van der Waals surface area contributed by atoms with Crippen molar-refractivity contribution in [2.75, 3.05) is 19.6 Å². The maximum atomic E-state index is 11.6. The van der Waals surface area contributed by atoms with Crippen molar-refractivity contribution in [2.24, 2.45) is 7.05 Å². The average molecular weight is 314 g/mol. The summed E-state index contributed by atoms with van der Waals surface area (Å²) in [6, 6.07) is 6.92. The molecule has 3 rings (SSSR count). The van der Waals surface area contributed by atoms with Gasteiger partial charge in [0.25, 0.3) is 0 Å². The molecule has 1 aliphatic rings. The molecule has 6 heteroatoms. The summed E-state index contributed by atoms with van der Waals surface area (Å²) in [6.07, 6.45) is 0. The Labute approximate surface area is 128 Å². The number of halogens is 1. The maximum Gasteiger partial charge on any atom is 0.307 e. The first-order chi connectivity index (χ1) is 9.13. The van der Waals surface area contributed by atoms with Crippen LogP contribution in [0.1, 0.15) is 12.5 Å². The topological polar surface area (TPSA) is 37.3 Å². The van der Waals surface area contributed by atoms with Gasteiger partial charge in [-0.05, 0) is 24.6 Å². The standard InChI is InChI=1S/C14H19N3OS.ClH/c1-10-8-17(6-5-15-10)9-11-3-4-12-13(7-11)19-14(18)16(12)2;/h3-4,7,10,15H,5-6,8-9H2,1-2H3;1H/t10-;/m0./s1. The van der Waals surface area contributed by atoms with Gasteiger partial charge in [0.2, 0.25) is 0 Å². The lowest BCUT2D eigenvalue weighted by molar-refractivity contribution is 0.200. The quantitative estimate of drug-likeness (QED) is 0.919. The lowest BCUT2D eigenvalue weighted by Crippen LogP contribution is -2.48. The van der Waals surface area contributed by atoms with Gasteiger partial charge in [-0.2, -0.15) is 0 Å². The second-order valence-corrected chi connectivity index (χ2v) is 6.31. The van der Waals surface area contributed by atoms with E-state index in [2.05, 4.69) is 35.3 Å². The molecule has 0 radical (unpaired) electrons. The summed E-state index contributed by atoms with van der Waals surface area (Å²) in [5.74, 6) is 0. The zero-order chi connectivity index (χ0) is 13.4. The van der Waals surface area contributed by atoms with Crippen LogP contribution in [0.3, 0.4) is 0 Å². The van der Waals surface area contributed by atoms with Crippen molar-refractivity contribution in [3.8, 4) is 0 Å². The third kappa shape index (κ3) is 3.06. The maximum absolute atomic E-state index is 11.6. The number of aryl methyl sites for hydroxylation is 1. The number of nitrogens with zero attached hydrogens (tertiary/aromatic N) is 2. The molecular formula is C14H20ClN3OS. The number of hydrogen-bond acceptors (Lipinski definition) is 4. The van der Waals surface area contributed by atoms with Gasteiger partial charge in [-0.1, -0.05) is 17.4 Å². The summed E-state index contributed by atoms with van der Waals surface area (Å²) in [7, 11) is 1.83. The Balaban J connectivity index is 0.00000147. The number of piperazine rings is 1. The van der Waals surface area contributed by atoms with E-state index in [1.807, 2.05) is 7.05 Å². The summed E-state index contributed by atoms with van der Waals surface area (Å²) in [5.41, 5.74) is 2.33. The predicted molar refractivity (Wildman–Crippen MR) is 87.1 cm³/mol. The minimum Gasteiger partial charge on any atom is -0.312 e. The molecule has 2 aromatic rings. The van der Waals surface area contributed by atoms with Gasteiger partial charge < -0.3 is 9.88 Å². The third-order valence-corrected chi connectivity index (χ3v) is 4.71. The number of hydrogen-bond donors (Lipinski definition) is 1. The van der Waals surface area contributed by atoms with Crippen molar-refractivity contribution in [3.63, 3.8) is 0 Å². The zero-order valence-electron chi connectivity index (χ0n) is 11.8. The molecule has 0 unspecified atom stereocenters. The van der Waals surface area contributed by atoms with E-state index < -0.39 is 0 Å². The lowest BCUT2D eigenvalue weighted by Gasteiger charge is -2.31. The third-order valence-electron chi connectivity index (χ3n) is 3.72. The monoisotopic (exact) mass is 313 g/mol. The Morgan fingerprint density at radius 3 is 3.00 bits per heavy atom. The fourth-order valence-corrected chi connectivity index (χ4v) is 3.63. The van der Waals surface area contributed by atoms with E-state index in [4.69, 9.17) is 0 Å². The molecule has 110 valence electrons. The van der Waals surface area contributed by atoms with E-state index in [0.29, 0.717) is 6.04 Å².